The zero-order chi connectivity index (χ0) is 18.9. The minimum absolute atomic E-state index is 0.0102. The maximum Gasteiger partial charge on any atom is 0.269 e. The summed E-state index contributed by atoms with van der Waals surface area (Å²) in [5.74, 6) is -0.0164. The summed E-state index contributed by atoms with van der Waals surface area (Å²) in [5.41, 5.74) is 6.22. The molecule has 26 heavy (non-hydrogen) atoms. The minimum atomic E-state index is -0.389. The molecule has 0 aromatic heterocycles. The summed E-state index contributed by atoms with van der Waals surface area (Å²) >= 11 is 11.0. The van der Waals surface area contributed by atoms with E-state index in [1.165, 1.54) is 0 Å². The molecule has 0 radical (unpaired) electrons. The van der Waals surface area contributed by atoms with Crippen molar-refractivity contribution in [2.24, 2.45) is 0 Å². The molecule has 0 bridgehead atoms. The number of carbonyl (C=O) groups is 2. The number of hydrazine groups is 1. The van der Waals surface area contributed by atoms with Crippen LogP contribution in [0.4, 0.5) is 0 Å². The highest BCUT2D eigenvalue weighted by Gasteiger charge is 2.09. The zero-order valence-corrected chi connectivity index (χ0v) is 15.6. The summed E-state index contributed by atoms with van der Waals surface area (Å²) < 4.78 is 5.03. The van der Waals surface area contributed by atoms with Crippen LogP contribution in [0.15, 0.2) is 48.5 Å². The van der Waals surface area contributed by atoms with Crippen molar-refractivity contribution in [2.75, 3.05) is 7.11 Å². The normalized spacial score (nSPS) is 9.92. The Hall–Kier alpha value is -2.64. The number of carbonyl (C=O) groups excluding carboxylic acids is 2. The number of rotatable bonds is 5. The van der Waals surface area contributed by atoms with Gasteiger partial charge in [0, 0.05) is 17.0 Å². The maximum atomic E-state index is 12.0. The number of amides is 2. The number of halogens is 1. The summed E-state index contributed by atoms with van der Waals surface area (Å²) in [7, 11) is 1.55. The summed E-state index contributed by atoms with van der Waals surface area (Å²) in [6, 6.07) is 13.9. The van der Waals surface area contributed by atoms with Crippen molar-refractivity contribution in [3.8, 4) is 5.75 Å². The van der Waals surface area contributed by atoms with Crippen LogP contribution < -0.4 is 20.9 Å². The van der Waals surface area contributed by atoms with Crippen LogP contribution in [-0.2, 0) is 11.2 Å². The Kier molecular flexibility index (Phi) is 7.37. The Morgan fingerprint density at radius 1 is 1.08 bits per heavy atom. The number of aryl methyl sites for hydroxylation is 1. The number of hydrogen-bond acceptors (Lipinski definition) is 4. The van der Waals surface area contributed by atoms with Gasteiger partial charge in [-0.25, -0.2) is 0 Å². The lowest BCUT2D eigenvalue weighted by molar-refractivity contribution is -0.119. The van der Waals surface area contributed by atoms with Crippen LogP contribution in [0, 0.1) is 0 Å². The molecule has 0 aliphatic rings. The maximum absolute atomic E-state index is 12.0. The first-order valence-electron chi connectivity index (χ1n) is 7.77. The Bertz CT molecular complexity index is 797. The molecule has 136 valence electrons. The minimum Gasteiger partial charge on any atom is -0.497 e. The van der Waals surface area contributed by atoms with Crippen LogP contribution in [0.5, 0.6) is 5.75 Å². The van der Waals surface area contributed by atoms with Crippen LogP contribution in [0.1, 0.15) is 22.3 Å². The van der Waals surface area contributed by atoms with Gasteiger partial charge in [0.15, 0.2) is 5.11 Å². The second kappa shape index (κ2) is 9.74. The van der Waals surface area contributed by atoms with E-state index in [9.17, 15) is 9.59 Å². The molecule has 0 aliphatic carbocycles. The third-order valence-electron chi connectivity index (χ3n) is 3.47. The van der Waals surface area contributed by atoms with Crippen molar-refractivity contribution in [2.45, 2.75) is 12.8 Å². The fourth-order valence-corrected chi connectivity index (χ4v) is 2.49. The lowest BCUT2D eigenvalue weighted by atomic mass is 10.1. The summed E-state index contributed by atoms with van der Waals surface area (Å²) in [6.45, 7) is 0. The van der Waals surface area contributed by atoms with Gasteiger partial charge in [-0.3, -0.25) is 20.4 Å². The lowest BCUT2D eigenvalue weighted by Gasteiger charge is -2.11. The third-order valence-corrected chi connectivity index (χ3v) is 4.05. The van der Waals surface area contributed by atoms with E-state index >= 15 is 0 Å². The van der Waals surface area contributed by atoms with E-state index in [4.69, 9.17) is 28.6 Å². The number of nitrogens with one attached hydrogen (secondary N) is 3. The largest absolute Gasteiger partial charge is 0.497 e. The van der Waals surface area contributed by atoms with Crippen LogP contribution >= 0.6 is 23.8 Å². The van der Waals surface area contributed by atoms with Crippen molar-refractivity contribution in [3.63, 3.8) is 0 Å². The average Bonchev–Trinajstić information content (AvgIpc) is 2.65. The molecule has 0 fully saturated rings. The number of hydrogen-bond donors (Lipinski definition) is 3. The molecule has 2 aromatic carbocycles. The quantitative estimate of drug-likeness (QED) is 0.539. The molecule has 3 N–H and O–H groups in total. The predicted octanol–water partition coefficient (Wildman–Crippen LogP) is 2.62. The molecule has 0 saturated heterocycles. The van der Waals surface area contributed by atoms with Gasteiger partial charge in [-0.15, -0.1) is 0 Å². The van der Waals surface area contributed by atoms with Crippen molar-refractivity contribution < 1.29 is 14.3 Å². The van der Waals surface area contributed by atoms with Gasteiger partial charge in [0.1, 0.15) is 5.75 Å². The molecule has 0 atom stereocenters. The van der Waals surface area contributed by atoms with Gasteiger partial charge in [-0.2, -0.15) is 0 Å². The van der Waals surface area contributed by atoms with E-state index < -0.39 is 0 Å². The predicted molar refractivity (Wildman–Crippen MR) is 104 cm³/mol. The topological polar surface area (TPSA) is 79.5 Å². The summed E-state index contributed by atoms with van der Waals surface area (Å²) in [4.78, 5) is 23.9. The molecular formula is C18H18ClN3O3S. The molecule has 0 saturated carbocycles. The molecule has 2 aromatic rings. The third kappa shape index (κ3) is 6.02. The van der Waals surface area contributed by atoms with Gasteiger partial charge in [0.25, 0.3) is 5.91 Å². The fourth-order valence-electron chi connectivity index (χ4n) is 2.10. The fraction of sp³-hybridized carbons (Fsp3) is 0.167. The highest BCUT2D eigenvalue weighted by Crippen LogP contribution is 2.16. The van der Waals surface area contributed by atoms with Gasteiger partial charge >= 0.3 is 0 Å². The van der Waals surface area contributed by atoms with Crippen molar-refractivity contribution in [1.29, 1.82) is 0 Å². The van der Waals surface area contributed by atoms with Crippen molar-refractivity contribution in [3.05, 3.63) is 64.7 Å². The highest BCUT2D eigenvalue weighted by molar-refractivity contribution is 7.80. The van der Waals surface area contributed by atoms with E-state index in [-0.39, 0.29) is 23.3 Å². The van der Waals surface area contributed by atoms with Crippen LogP contribution in [0.3, 0.4) is 0 Å². The molecule has 0 unspecified atom stereocenters. The first-order valence-corrected chi connectivity index (χ1v) is 8.56. The van der Waals surface area contributed by atoms with Gasteiger partial charge in [-0.05, 0) is 54.5 Å². The monoisotopic (exact) mass is 391 g/mol. The van der Waals surface area contributed by atoms with Gasteiger partial charge in [0.2, 0.25) is 5.91 Å². The first kappa shape index (κ1) is 19.7. The Morgan fingerprint density at radius 3 is 2.42 bits per heavy atom. The summed E-state index contributed by atoms with van der Waals surface area (Å²) in [6.07, 6.45) is 0.713. The Balaban J connectivity index is 1.74. The highest BCUT2D eigenvalue weighted by atomic mass is 35.5. The van der Waals surface area contributed by atoms with Crippen LogP contribution in [0.25, 0.3) is 0 Å². The SMILES string of the molecule is COc1ccc(C(=O)NNC(=S)NC(=O)CCc2ccccc2Cl)cc1. The molecular weight excluding hydrogens is 374 g/mol. The van der Waals surface area contributed by atoms with Crippen LogP contribution in [-0.4, -0.2) is 24.0 Å². The van der Waals surface area contributed by atoms with Crippen molar-refractivity contribution in [1.82, 2.24) is 16.2 Å². The van der Waals surface area contributed by atoms with E-state index in [0.717, 1.165) is 5.56 Å². The molecule has 2 amide bonds. The van der Waals surface area contributed by atoms with E-state index in [1.807, 2.05) is 18.2 Å². The Morgan fingerprint density at radius 2 is 1.77 bits per heavy atom. The smallest absolute Gasteiger partial charge is 0.269 e. The molecule has 0 aliphatic heterocycles. The van der Waals surface area contributed by atoms with Gasteiger partial charge in [0.05, 0.1) is 7.11 Å². The van der Waals surface area contributed by atoms with Gasteiger partial charge < -0.3 is 10.1 Å². The van der Waals surface area contributed by atoms with E-state index in [0.29, 0.717) is 22.8 Å². The molecule has 8 heteroatoms. The molecule has 2 rings (SSSR count). The van der Waals surface area contributed by atoms with Crippen molar-refractivity contribution >= 4 is 40.7 Å². The lowest BCUT2D eigenvalue weighted by Crippen LogP contribution is -2.48. The zero-order valence-electron chi connectivity index (χ0n) is 14.0. The number of thiocarbonyl (C=S) groups is 1. The average molecular weight is 392 g/mol. The second-order valence-electron chi connectivity index (χ2n) is 5.28. The standard InChI is InChI=1S/C18H18ClN3O3S/c1-25-14-9-6-13(7-10-14)17(24)21-22-18(26)20-16(23)11-8-12-4-2-3-5-15(12)19/h2-7,9-10H,8,11H2,1H3,(H,21,24)(H2,20,22,23,26). The molecule has 0 heterocycles. The van der Waals surface area contributed by atoms with Gasteiger partial charge in [-0.1, -0.05) is 29.8 Å². The number of ether oxygens (including phenoxy) is 1. The second-order valence-corrected chi connectivity index (χ2v) is 6.09. The molecule has 0 spiro atoms. The number of benzene rings is 2. The van der Waals surface area contributed by atoms with E-state index in [2.05, 4.69) is 16.2 Å². The number of methoxy groups -OCH3 is 1. The summed E-state index contributed by atoms with van der Waals surface area (Å²) in [5, 5.41) is 3.13. The van der Waals surface area contributed by atoms with E-state index in [1.54, 1.807) is 37.4 Å². The Labute approximate surface area is 161 Å². The first-order chi connectivity index (χ1) is 12.5. The molecule has 6 nitrogen and oxygen atoms in total. The van der Waals surface area contributed by atoms with Crippen LogP contribution in [0.2, 0.25) is 5.02 Å².